The van der Waals surface area contributed by atoms with E-state index in [1.54, 1.807) is 6.92 Å². The zero-order chi connectivity index (χ0) is 11.8. The first-order valence-electron chi connectivity index (χ1n) is 6.12. The third-order valence-electron chi connectivity index (χ3n) is 4.32. The summed E-state index contributed by atoms with van der Waals surface area (Å²) >= 11 is 0. The molecule has 0 bridgehead atoms. The fraction of sp³-hybridized carbons (Fsp3) is 0.769. The lowest BCUT2D eigenvalue weighted by atomic mass is 9.77. The Morgan fingerprint density at radius 2 is 2.25 bits per heavy atom. The Hall–Kier alpha value is -0.830. The van der Waals surface area contributed by atoms with Crippen molar-refractivity contribution in [1.29, 1.82) is 0 Å². The molecule has 16 heavy (non-hydrogen) atoms. The molecule has 3 nitrogen and oxygen atoms in total. The summed E-state index contributed by atoms with van der Waals surface area (Å²) in [6, 6.07) is 0. The molecule has 0 aromatic carbocycles. The maximum Gasteiger partial charge on any atom is 0.330 e. The van der Waals surface area contributed by atoms with Gasteiger partial charge >= 0.3 is 5.97 Å². The van der Waals surface area contributed by atoms with Gasteiger partial charge in [0.1, 0.15) is 0 Å². The van der Waals surface area contributed by atoms with Gasteiger partial charge in [0.2, 0.25) is 0 Å². The predicted molar refractivity (Wildman–Crippen MR) is 60.9 cm³/mol. The van der Waals surface area contributed by atoms with Gasteiger partial charge < -0.3 is 9.84 Å². The van der Waals surface area contributed by atoms with Gasteiger partial charge in [0.05, 0.1) is 12.2 Å². The average molecular weight is 224 g/mol. The van der Waals surface area contributed by atoms with Crippen LogP contribution in [0.5, 0.6) is 0 Å². The van der Waals surface area contributed by atoms with Gasteiger partial charge in [-0.05, 0) is 44.6 Å². The standard InChI is InChI=1S/C13H20O3/c1-3-16-11(14)9-10-5-8-12(2)6-4-7-13(10,12)15/h9,15H,3-8H2,1-2H3/b10-9+/t12-,13-/m0/s1. The molecule has 90 valence electrons. The van der Waals surface area contributed by atoms with Gasteiger partial charge in [0, 0.05) is 11.5 Å². The SMILES string of the molecule is CCOC(=O)/C=C1\CC[C@]2(C)CCC[C@]12O. The molecule has 0 aromatic rings. The lowest BCUT2D eigenvalue weighted by Gasteiger charge is -2.33. The average Bonchev–Trinajstić information content (AvgIpc) is 2.62. The molecule has 0 aromatic heterocycles. The summed E-state index contributed by atoms with van der Waals surface area (Å²) in [5.41, 5.74) is 0.108. The number of aliphatic hydroxyl groups is 1. The van der Waals surface area contributed by atoms with E-state index in [-0.39, 0.29) is 11.4 Å². The van der Waals surface area contributed by atoms with Crippen molar-refractivity contribution < 1.29 is 14.6 Å². The van der Waals surface area contributed by atoms with Crippen LogP contribution in [0, 0.1) is 5.41 Å². The van der Waals surface area contributed by atoms with Crippen molar-refractivity contribution in [2.24, 2.45) is 5.41 Å². The summed E-state index contributed by atoms with van der Waals surface area (Å²) in [6.07, 6.45) is 6.21. The van der Waals surface area contributed by atoms with E-state index in [1.807, 2.05) is 0 Å². The molecule has 1 N–H and O–H groups in total. The molecule has 3 heteroatoms. The number of rotatable bonds is 2. The lowest BCUT2D eigenvalue weighted by molar-refractivity contribution is -0.137. The molecular weight excluding hydrogens is 204 g/mol. The van der Waals surface area contributed by atoms with Crippen LogP contribution < -0.4 is 0 Å². The third-order valence-corrected chi connectivity index (χ3v) is 4.32. The number of fused-ring (bicyclic) bond motifs is 1. The highest BCUT2D eigenvalue weighted by molar-refractivity contribution is 5.83. The second-order valence-corrected chi connectivity index (χ2v) is 5.20. The van der Waals surface area contributed by atoms with Crippen LogP contribution in [0.2, 0.25) is 0 Å². The van der Waals surface area contributed by atoms with Crippen LogP contribution in [0.15, 0.2) is 11.6 Å². The number of ether oxygens (including phenoxy) is 1. The van der Waals surface area contributed by atoms with Gasteiger partial charge in [0.25, 0.3) is 0 Å². The second-order valence-electron chi connectivity index (χ2n) is 5.20. The first-order chi connectivity index (χ1) is 7.52. The number of esters is 1. The monoisotopic (exact) mass is 224 g/mol. The number of carbonyl (C=O) groups excluding carboxylic acids is 1. The molecule has 0 unspecified atom stereocenters. The molecule has 0 saturated heterocycles. The first-order valence-corrected chi connectivity index (χ1v) is 6.12. The minimum Gasteiger partial charge on any atom is -0.463 e. The van der Waals surface area contributed by atoms with Crippen LogP contribution in [0.4, 0.5) is 0 Å². The molecule has 2 saturated carbocycles. The van der Waals surface area contributed by atoms with E-state index in [9.17, 15) is 9.90 Å². The highest BCUT2D eigenvalue weighted by atomic mass is 16.5. The van der Waals surface area contributed by atoms with Crippen molar-refractivity contribution in [2.45, 2.75) is 51.6 Å². The van der Waals surface area contributed by atoms with E-state index in [4.69, 9.17) is 4.74 Å². The maximum absolute atomic E-state index is 11.4. The Balaban J connectivity index is 2.22. The molecule has 0 amide bonds. The fourth-order valence-electron chi connectivity index (χ4n) is 3.26. The van der Waals surface area contributed by atoms with Gasteiger partial charge in [0.15, 0.2) is 0 Å². The summed E-state index contributed by atoms with van der Waals surface area (Å²) in [4.78, 5) is 11.4. The lowest BCUT2D eigenvalue weighted by Crippen LogP contribution is -2.38. The molecular formula is C13H20O3. The van der Waals surface area contributed by atoms with Crippen LogP contribution in [0.1, 0.15) is 46.0 Å². The van der Waals surface area contributed by atoms with Crippen molar-refractivity contribution in [3.05, 3.63) is 11.6 Å². The van der Waals surface area contributed by atoms with Gasteiger partial charge in [-0.15, -0.1) is 0 Å². The van der Waals surface area contributed by atoms with Crippen molar-refractivity contribution in [2.75, 3.05) is 6.61 Å². The van der Waals surface area contributed by atoms with Crippen LogP contribution in [0.25, 0.3) is 0 Å². The zero-order valence-electron chi connectivity index (χ0n) is 10.1. The van der Waals surface area contributed by atoms with Crippen LogP contribution in [-0.2, 0) is 9.53 Å². The molecule has 2 aliphatic carbocycles. The minimum absolute atomic E-state index is 0.0225. The molecule has 2 rings (SSSR count). The highest BCUT2D eigenvalue weighted by Gasteiger charge is 2.56. The van der Waals surface area contributed by atoms with Crippen molar-refractivity contribution in [3.8, 4) is 0 Å². The van der Waals surface area contributed by atoms with E-state index >= 15 is 0 Å². The van der Waals surface area contributed by atoms with E-state index in [1.165, 1.54) is 6.08 Å². The normalized spacial score (nSPS) is 40.1. The summed E-state index contributed by atoms with van der Waals surface area (Å²) in [6.45, 7) is 4.31. The Labute approximate surface area is 96.5 Å². The minimum atomic E-state index is -0.750. The van der Waals surface area contributed by atoms with E-state index in [0.717, 1.165) is 37.7 Å². The van der Waals surface area contributed by atoms with Crippen molar-refractivity contribution in [1.82, 2.24) is 0 Å². The summed E-state index contributed by atoms with van der Waals surface area (Å²) in [5, 5.41) is 10.7. The summed E-state index contributed by atoms with van der Waals surface area (Å²) in [7, 11) is 0. The van der Waals surface area contributed by atoms with E-state index in [0.29, 0.717) is 6.61 Å². The Bertz CT molecular complexity index is 334. The summed E-state index contributed by atoms with van der Waals surface area (Å²) < 4.78 is 4.90. The van der Waals surface area contributed by atoms with E-state index in [2.05, 4.69) is 6.92 Å². The largest absolute Gasteiger partial charge is 0.463 e. The van der Waals surface area contributed by atoms with Crippen LogP contribution in [-0.4, -0.2) is 23.3 Å². The van der Waals surface area contributed by atoms with Gasteiger partial charge in [-0.3, -0.25) is 0 Å². The van der Waals surface area contributed by atoms with Gasteiger partial charge in [-0.1, -0.05) is 6.92 Å². The smallest absolute Gasteiger partial charge is 0.330 e. The maximum atomic E-state index is 11.4. The van der Waals surface area contributed by atoms with Crippen LogP contribution >= 0.6 is 0 Å². The zero-order valence-corrected chi connectivity index (χ0v) is 10.1. The second kappa shape index (κ2) is 3.88. The van der Waals surface area contributed by atoms with Gasteiger partial charge in [-0.25, -0.2) is 4.79 Å². The summed E-state index contributed by atoms with van der Waals surface area (Å²) in [5.74, 6) is -0.318. The molecule has 0 heterocycles. The molecule has 2 fully saturated rings. The molecule has 0 radical (unpaired) electrons. The topological polar surface area (TPSA) is 46.5 Å². The Kier molecular flexibility index (Phi) is 2.82. The third kappa shape index (κ3) is 1.58. The molecule has 2 atom stereocenters. The van der Waals surface area contributed by atoms with Crippen LogP contribution in [0.3, 0.4) is 0 Å². The number of hydrogen-bond donors (Lipinski definition) is 1. The quantitative estimate of drug-likeness (QED) is 0.577. The molecule has 2 aliphatic rings. The van der Waals surface area contributed by atoms with Crippen molar-refractivity contribution >= 4 is 5.97 Å². The predicted octanol–water partition coefficient (Wildman–Crippen LogP) is 2.19. The van der Waals surface area contributed by atoms with Crippen molar-refractivity contribution in [3.63, 3.8) is 0 Å². The van der Waals surface area contributed by atoms with E-state index < -0.39 is 5.60 Å². The Morgan fingerprint density at radius 1 is 1.50 bits per heavy atom. The molecule has 0 aliphatic heterocycles. The highest BCUT2D eigenvalue weighted by Crippen LogP contribution is 2.59. The fourth-order valence-corrected chi connectivity index (χ4v) is 3.26. The first kappa shape index (κ1) is 11.6. The number of carbonyl (C=O) groups is 1. The molecule has 0 spiro atoms. The van der Waals surface area contributed by atoms with Gasteiger partial charge in [-0.2, -0.15) is 0 Å². The number of hydrogen-bond acceptors (Lipinski definition) is 3. The Morgan fingerprint density at radius 3 is 2.94 bits per heavy atom.